The molecule has 3 aromatic rings. The number of carbonyl (C=O) groups excluding carboxylic acids is 1. The zero-order chi connectivity index (χ0) is 29.5. The number of rotatable bonds is 5. The van der Waals surface area contributed by atoms with Crippen molar-refractivity contribution in [3.63, 3.8) is 0 Å². The molecule has 0 aliphatic carbocycles. The second-order valence-corrected chi connectivity index (χ2v) is 13.7. The second kappa shape index (κ2) is 9.57. The van der Waals surface area contributed by atoms with Gasteiger partial charge in [0.05, 0.1) is 40.8 Å². The molecule has 3 saturated heterocycles. The molecule has 1 aromatic heterocycles. The van der Waals surface area contributed by atoms with Gasteiger partial charge in [-0.25, -0.2) is 4.79 Å². The minimum atomic E-state index is -0.927. The highest BCUT2D eigenvalue weighted by molar-refractivity contribution is 9.10. The van der Waals surface area contributed by atoms with Crippen LogP contribution in [0.2, 0.25) is 0 Å². The van der Waals surface area contributed by atoms with Crippen molar-refractivity contribution in [2.75, 3.05) is 0 Å². The number of aromatic nitrogens is 2. The van der Waals surface area contributed by atoms with E-state index in [2.05, 4.69) is 15.9 Å². The molecule has 3 unspecified atom stereocenters. The van der Waals surface area contributed by atoms with Crippen LogP contribution in [0.1, 0.15) is 59.1 Å². The van der Waals surface area contributed by atoms with Crippen molar-refractivity contribution in [2.45, 2.75) is 89.4 Å². The summed E-state index contributed by atoms with van der Waals surface area (Å²) >= 11 is 3.52. The lowest BCUT2D eigenvalue weighted by atomic mass is 9.49. The number of halogens is 1. The summed E-state index contributed by atoms with van der Waals surface area (Å²) in [7, 11) is 0.354. The summed E-state index contributed by atoms with van der Waals surface area (Å²) in [6.45, 7) is 12.1. The molecule has 4 bridgehead atoms. The van der Waals surface area contributed by atoms with Crippen LogP contribution in [0.15, 0.2) is 51.7 Å². The fourth-order valence-corrected chi connectivity index (χ4v) is 6.63. The number of carbonyl (C=O) groups is 1. The topological polar surface area (TPSA) is 90.2 Å². The van der Waals surface area contributed by atoms with Gasteiger partial charge in [-0.2, -0.15) is 0 Å². The highest BCUT2D eigenvalue weighted by atomic mass is 79.9. The SMILES string of the molecule is Cn1c(=O)n(Cc2ccccc2CC(=O)OC2CC3(C)OB(OC3(C)C)B3OC(C)(C)C2(C)O3)c2cc(Br)ccc21. The van der Waals surface area contributed by atoms with Crippen LogP contribution in [0.5, 0.6) is 0 Å². The predicted octanol–water partition coefficient (Wildman–Crippen LogP) is 4.23. The third-order valence-corrected chi connectivity index (χ3v) is 10.1. The molecule has 0 N–H and O–H groups in total. The average molecular weight is 625 g/mol. The number of fused-ring (bicyclic) bond motifs is 6. The second-order valence-electron chi connectivity index (χ2n) is 12.8. The van der Waals surface area contributed by atoms with Gasteiger partial charge >= 0.3 is 25.7 Å². The summed E-state index contributed by atoms with van der Waals surface area (Å²) in [5.41, 5.74) is 0.128. The Morgan fingerprint density at radius 2 is 1.61 bits per heavy atom. The van der Waals surface area contributed by atoms with Crippen LogP contribution < -0.4 is 5.69 Å². The molecule has 12 heteroatoms. The summed E-state index contributed by atoms with van der Waals surface area (Å²) < 4.78 is 35.8. The van der Waals surface area contributed by atoms with E-state index in [0.29, 0.717) is 13.0 Å². The Hall–Kier alpha value is -2.37. The molecule has 3 atom stereocenters. The maximum atomic E-state index is 13.6. The Morgan fingerprint density at radius 1 is 0.951 bits per heavy atom. The Morgan fingerprint density at radius 3 is 2.34 bits per heavy atom. The van der Waals surface area contributed by atoms with Gasteiger partial charge in [0.1, 0.15) is 11.7 Å². The van der Waals surface area contributed by atoms with Crippen LogP contribution >= 0.6 is 15.9 Å². The van der Waals surface area contributed by atoms with Crippen molar-refractivity contribution < 1.29 is 28.1 Å². The Bertz CT molecular complexity index is 1600. The number of ether oxygens (including phenoxy) is 1. The van der Waals surface area contributed by atoms with Gasteiger partial charge in [-0.3, -0.25) is 13.9 Å². The molecule has 3 aliphatic heterocycles. The number of benzene rings is 2. The average Bonchev–Trinajstić information content (AvgIpc) is 3.39. The predicted molar refractivity (Wildman–Crippen MR) is 159 cm³/mol. The van der Waals surface area contributed by atoms with E-state index in [0.717, 1.165) is 26.6 Å². The van der Waals surface area contributed by atoms with Crippen molar-refractivity contribution >= 4 is 47.0 Å². The summed E-state index contributed by atoms with van der Waals surface area (Å²) in [6.07, 6.45) is -0.246. The number of nitrogens with zero attached hydrogens (tertiary/aromatic N) is 2. The van der Waals surface area contributed by atoms with Crippen molar-refractivity contribution in [2.24, 2.45) is 7.05 Å². The molecule has 3 fully saturated rings. The van der Waals surface area contributed by atoms with E-state index >= 15 is 0 Å². The fraction of sp³-hybridized carbons (Fsp3) is 0.517. The highest BCUT2D eigenvalue weighted by Gasteiger charge is 2.71. The summed E-state index contributed by atoms with van der Waals surface area (Å²) in [5, 5.41) is 0. The third-order valence-electron chi connectivity index (χ3n) is 9.60. The normalized spacial score (nSPS) is 28.1. The first-order chi connectivity index (χ1) is 19.1. The molecule has 0 radical (unpaired) electrons. The summed E-state index contributed by atoms with van der Waals surface area (Å²) in [4.78, 5) is 26.8. The molecule has 9 nitrogen and oxygen atoms in total. The van der Waals surface area contributed by atoms with E-state index in [1.807, 2.05) is 84.0 Å². The van der Waals surface area contributed by atoms with E-state index in [4.69, 9.17) is 23.4 Å². The molecule has 4 heterocycles. The first-order valence-electron chi connectivity index (χ1n) is 14.0. The fourth-order valence-electron chi connectivity index (χ4n) is 6.28. The van der Waals surface area contributed by atoms with Crippen molar-refractivity contribution in [1.82, 2.24) is 9.13 Å². The first kappa shape index (κ1) is 28.7. The van der Waals surface area contributed by atoms with Crippen LogP contribution in [0, 0.1) is 0 Å². The molecule has 2 aromatic carbocycles. The standard InChI is InChI=1S/C29H35B2BrN2O7/c1-26(2)28(5)16-23(29(6)27(3,4)39-31(41-29)30(38-26)40-28)37-24(35)14-18-10-8-9-11-19(18)17-34-22-15-20(32)12-13-21(22)33(7)25(34)36/h8-13,15,23H,14,16-17H2,1-7H3. The molecule has 0 spiro atoms. The van der Waals surface area contributed by atoms with Crippen molar-refractivity contribution in [3.05, 3.63) is 68.5 Å². The Balaban J connectivity index is 1.28. The van der Waals surface area contributed by atoms with Gasteiger partial charge in [-0.05, 0) is 70.9 Å². The van der Waals surface area contributed by atoms with Crippen LogP contribution in [0.3, 0.4) is 0 Å². The van der Waals surface area contributed by atoms with E-state index in [1.54, 1.807) is 16.2 Å². The van der Waals surface area contributed by atoms with E-state index in [1.165, 1.54) is 0 Å². The number of aryl methyl sites for hydroxylation is 1. The quantitative estimate of drug-likeness (QED) is 0.310. The number of hydrogen-bond donors (Lipinski definition) is 0. The molecule has 216 valence electrons. The van der Waals surface area contributed by atoms with Gasteiger partial charge in [0.15, 0.2) is 0 Å². The van der Waals surface area contributed by atoms with Crippen molar-refractivity contribution in [1.29, 1.82) is 0 Å². The lowest BCUT2D eigenvalue weighted by Crippen LogP contribution is -2.60. The van der Waals surface area contributed by atoms with E-state index in [-0.39, 0.29) is 12.1 Å². The lowest BCUT2D eigenvalue weighted by molar-refractivity contribution is -0.178. The monoisotopic (exact) mass is 624 g/mol. The molecule has 3 aliphatic rings. The highest BCUT2D eigenvalue weighted by Crippen LogP contribution is 2.51. The Labute approximate surface area is 248 Å². The summed E-state index contributed by atoms with van der Waals surface area (Å²) in [6, 6.07) is 13.4. The van der Waals surface area contributed by atoms with Crippen LogP contribution in [0.4, 0.5) is 0 Å². The molecule has 0 amide bonds. The minimum absolute atomic E-state index is 0.0385. The third kappa shape index (κ3) is 4.54. The largest absolute Gasteiger partial charge is 0.489 e. The number of hydrogen-bond acceptors (Lipinski definition) is 7. The first-order valence-corrected chi connectivity index (χ1v) is 14.8. The maximum absolute atomic E-state index is 13.6. The zero-order valence-corrected chi connectivity index (χ0v) is 26.1. The molecule has 6 rings (SSSR count). The van der Waals surface area contributed by atoms with Gasteiger partial charge in [-0.1, -0.05) is 40.2 Å². The van der Waals surface area contributed by atoms with Gasteiger partial charge in [-0.15, -0.1) is 0 Å². The Kier molecular flexibility index (Phi) is 6.71. The number of imidazole rings is 1. The molecule has 0 saturated carbocycles. The number of esters is 1. The van der Waals surface area contributed by atoms with Gasteiger partial charge in [0, 0.05) is 17.9 Å². The molecular weight excluding hydrogens is 590 g/mol. The van der Waals surface area contributed by atoms with E-state index < -0.39 is 48.5 Å². The van der Waals surface area contributed by atoms with E-state index in [9.17, 15) is 9.59 Å². The molecular formula is C29H35B2BrN2O7. The smallest absolute Gasteiger partial charge is 0.459 e. The minimum Gasteiger partial charge on any atom is -0.459 e. The van der Waals surface area contributed by atoms with Crippen molar-refractivity contribution in [3.8, 4) is 0 Å². The van der Waals surface area contributed by atoms with Crippen LogP contribution in [0.25, 0.3) is 11.0 Å². The van der Waals surface area contributed by atoms with Crippen LogP contribution in [-0.4, -0.2) is 57.6 Å². The lowest BCUT2D eigenvalue weighted by Gasteiger charge is -2.46. The van der Waals surface area contributed by atoms with Crippen LogP contribution in [-0.2, 0) is 48.2 Å². The summed E-state index contributed by atoms with van der Waals surface area (Å²) in [5.74, 6) is -0.392. The van der Waals surface area contributed by atoms with Gasteiger partial charge < -0.3 is 23.4 Å². The van der Waals surface area contributed by atoms with Gasteiger partial charge in [0.25, 0.3) is 0 Å². The van der Waals surface area contributed by atoms with Gasteiger partial charge in [0.2, 0.25) is 0 Å². The maximum Gasteiger partial charge on any atom is 0.489 e. The zero-order valence-electron chi connectivity index (χ0n) is 24.5. The molecule has 41 heavy (non-hydrogen) atoms.